The van der Waals surface area contributed by atoms with Crippen LogP contribution in [0.5, 0.6) is 0 Å². The van der Waals surface area contributed by atoms with E-state index in [-0.39, 0.29) is 23.7 Å². The molecule has 2 aromatic carbocycles. The molecular formula is C24H25F3N4O. The Balaban J connectivity index is 1.73. The summed E-state index contributed by atoms with van der Waals surface area (Å²) in [5, 5.41) is 7.85. The van der Waals surface area contributed by atoms with E-state index in [1.807, 2.05) is 43.9 Å². The maximum Gasteiger partial charge on any atom is 0.416 e. The van der Waals surface area contributed by atoms with Crippen LogP contribution in [0.15, 0.2) is 48.7 Å². The number of rotatable bonds is 3. The molecule has 8 heteroatoms. The first kappa shape index (κ1) is 22.1. The van der Waals surface area contributed by atoms with Gasteiger partial charge in [-0.15, -0.1) is 0 Å². The van der Waals surface area contributed by atoms with E-state index in [1.54, 1.807) is 6.07 Å². The van der Waals surface area contributed by atoms with E-state index in [4.69, 9.17) is 0 Å². The number of carbonyl (C=O) groups is 1. The van der Waals surface area contributed by atoms with Crippen LogP contribution in [0.2, 0.25) is 0 Å². The topological polar surface area (TPSA) is 57.3 Å². The van der Waals surface area contributed by atoms with E-state index in [9.17, 15) is 18.0 Å². The van der Waals surface area contributed by atoms with Crippen molar-refractivity contribution in [1.29, 1.82) is 0 Å². The summed E-state index contributed by atoms with van der Waals surface area (Å²) in [6, 6.07) is 10.9. The average molecular weight is 442 g/mol. The molecule has 168 valence electrons. The minimum Gasteiger partial charge on any atom is -0.340 e. The van der Waals surface area contributed by atoms with Gasteiger partial charge in [-0.3, -0.25) is 4.79 Å². The van der Waals surface area contributed by atoms with Crippen molar-refractivity contribution >= 4 is 28.2 Å². The average Bonchev–Trinajstić information content (AvgIpc) is 2.73. The van der Waals surface area contributed by atoms with Crippen molar-refractivity contribution in [2.75, 3.05) is 18.4 Å². The summed E-state index contributed by atoms with van der Waals surface area (Å²) in [6.07, 6.45) is -2.91. The number of fused-ring (bicyclic) bond motifs is 1. The zero-order valence-corrected chi connectivity index (χ0v) is 18.1. The number of pyridine rings is 1. The lowest BCUT2D eigenvalue weighted by atomic mass is 10.00. The number of amides is 1. The number of hydrogen-bond acceptors (Lipinski definition) is 4. The number of benzene rings is 2. The number of hydrogen-bond donors (Lipinski definition) is 2. The van der Waals surface area contributed by atoms with E-state index in [2.05, 4.69) is 15.6 Å². The third-order valence-corrected chi connectivity index (χ3v) is 5.65. The highest BCUT2D eigenvalue weighted by Crippen LogP contribution is 2.33. The van der Waals surface area contributed by atoms with Crippen molar-refractivity contribution in [3.63, 3.8) is 0 Å². The van der Waals surface area contributed by atoms with Crippen molar-refractivity contribution < 1.29 is 18.0 Å². The molecule has 1 aromatic heterocycles. The molecule has 1 amide bonds. The highest BCUT2D eigenvalue weighted by molar-refractivity contribution is 6.10. The number of nitrogens with zero attached hydrogens (tertiary/aromatic N) is 2. The van der Waals surface area contributed by atoms with Crippen LogP contribution in [0.3, 0.4) is 0 Å². The third kappa shape index (κ3) is 4.41. The molecule has 32 heavy (non-hydrogen) atoms. The fraction of sp³-hybridized carbons (Fsp3) is 0.333. The maximum atomic E-state index is 13.4. The molecule has 2 N–H and O–H groups in total. The first-order valence-electron chi connectivity index (χ1n) is 10.5. The largest absolute Gasteiger partial charge is 0.416 e. The van der Waals surface area contributed by atoms with Crippen molar-refractivity contribution in [3.8, 4) is 0 Å². The molecule has 1 aliphatic heterocycles. The molecule has 2 atom stereocenters. The van der Waals surface area contributed by atoms with Crippen LogP contribution in [0.25, 0.3) is 10.8 Å². The first-order chi connectivity index (χ1) is 15.1. The van der Waals surface area contributed by atoms with E-state index in [0.29, 0.717) is 29.9 Å². The molecule has 3 aromatic rings. The Morgan fingerprint density at radius 1 is 1.12 bits per heavy atom. The summed E-state index contributed by atoms with van der Waals surface area (Å²) in [4.78, 5) is 19.7. The number of carbonyl (C=O) groups excluding carboxylic acids is 1. The Morgan fingerprint density at radius 2 is 1.81 bits per heavy atom. The monoisotopic (exact) mass is 442 g/mol. The second-order valence-corrected chi connectivity index (χ2v) is 8.40. The fourth-order valence-corrected chi connectivity index (χ4v) is 4.32. The van der Waals surface area contributed by atoms with E-state index in [1.165, 1.54) is 12.3 Å². The zero-order chi connectivity index (χ0) is 23.0. The number of piperazine rings is 1. The second-order valence-electron chi connectivity index (χ2n) is 8.40. The van der Waals surface area contributed by atoms with Crippen molar-refractivity contribution in [2.24, 2.45) is 0 Å². The third-order valence-electron chi connectivity index (χ3n) is 5.65. The Kier molecular flexibility index (Phi) is 5.81. The molecule has 0 saturated carbocycles. The van der Waals surface area contributed by atoms with Crippen LogP contribution >= 0.6 is 0 Å². The van der Waals surface area contributed by atoms with Gasteiger partial charge >= 0.3 is 6.18 Å². The van der Waals surface area contributed by atoms with Gasteiger partial charge in [0.25, 0.3) is 5.91 Å². The summed E-state index contributed by atoms with van der Waals surface area (Å²) in [5.41, 5.74) is 0.932. The van der Waals surface area contributed by atoms with Crippen LogP contribution in [-0.4, -0.2) is 41.0 Å². The second kappa shape index (κ2) is 8.43. The number of anilines is 2. The van der Waals surface area contributed by atoms with Crippen LogP contribution in [-0.2, 0) is 6.18 Å². The summed E-state index contributed by atoms with van der Waals surface area (Å²) >= 11 is 0. The van der Waals surface area contributed by atoms with Crippen molar-refractivity contribution in [3.05, 3.63) is 65.4 Å². The molecular weight excluding hydrogens is 417 g/mol. The summed E-state index contributed by atoms with van der Waals surface area (Å²) in [5.74, 6) is 0.309. The lowest BCUT2D eigenvalue weighted by Crippen LogP contribution is -2.55. The zero-order valence-electron chi connectivity index (χ0n) is 18.1. The molecule has 0 spiro atoms. The van der Waals surface area contributed by atoms with Crippen LogP contribution in [0.4, 0.5) is 24.7 Å². The molecule has 0 aliphatic carbocycles. The molecule has 1 fully saturated rings. The smallest absolute Gasteiger partial charge is 0.340 e. The van der Waals surface area contributed by atoms with Gasteiger partial charge in [0.05, 0.1) is 11.1 Å². The van der Waals surface area contributed by atoms with E-state index in [0.717, 1.165) is 23.1 Å². The molecule has 2 unspecified atom stereocenters. The van der Waals surface area contributed by atoms with Gasteiger partial charge in [0.1, 0.15) is 5.82 Å². The molecule has 5 nitrogen and oxygen atoms in total. The Labute approximate surface area is 184 Å². The molecule has 4 rings (SSSR count). The van der Waals surface area contributed by atoms with E-state index >= 15 is 0 Å². The number of nitrogens with one attached hydrogen (secondary N) is 2. The molecule has 1 aliphatic rings. The normalized spacial score (nSPS) is 19.2. The lowest BCUT2D eigenvalue weighted by molar-refractivity contribution is -0.137. The first-order valence-corrected chi connectivity index (χ1v) is 10.5. The highest BCUT2D eigenvalue weighted by atomic mass is 19.4. The molecule has 0 bridgehead atoms. The predicted octanol–water partition coefficient (Wildman–Crippen LogP) is 5.13. The van der Waals surface area contributed by atoms with Crippen LogP contribution < -0.4 is 10.6 Å². The number of alkyl halides is 3. The van der Waals surface area contributed by atoms with Crippen molar-refractivity contribution in [2.45, 2.75) is 39.0 Å². The van der Waals surface area contributed by atoms with Gasteiger partial charge in [-0.1, -0.05) is 24.3 Å². The Hall–Kier alpha value is -3.13. The lowest BCUT2D eigenvalue weighted by Gasteiger charge is -2.36. The van der Waals surface area contributed by atoms with Crippen molar-refractivity contribution in [1.82, 2.24) is 15.2 Å². The van der Waals surface area contributed by atoms with Crippen LogP contribution in [0, 0.1) is 6.92 Å². The van der Waals surface area contributed by atoms with Gasteiger partial charge in [-0.05, 0) is 44.5 Å². The Bertz CT molecular complexity index is 1150. The number of aromatic nitrogens is 1. The van der Waals surface area contributed by atoms with Gasteiger partial charge in [-0.25, -0.2) is 4.98 Å². The van der Waals surface area contributed by atoms with Gasteiger partial charge < -0.3 is 15.5 Å². The van der Waals surface area contributed by atoms with Crippen LogP contribution in [0.1, 0.15) is 35.3 Å². The minimum atomic E-state index is -4.43. The maximum absolute atomic E-state index is 13.4. The minimum absolute atomic E-state index is 0.0948. The predicted molar refractivity (Wildman–Crippen MR) is 119 cm³/mol. The molecule has 2 heterocycles. The van der Waals surface area contributed by atoms with Gasteiger partial charge in [0.2, 0.25) is 0 Å². The molecule has 1 saturated heterocycles. The number of aryl methyl sites for hydroxylation is 1. The van der Waals surface area contributed by atoms with E-state index < -0.39 is 11.7 Å². The standard InChI is InChI=1S/C24H25F3N4O/c1-14-6-4-9-19-21(14)20(23(32)31-12-15(2)29-16(3)13-31)11-28-22(19)30-18-8-5-7-17(10-18)24(25,26)27/h4-11,15-16,29H,12-13H2,1-3H3,(H,28,30). The summed E-state index contributed by atoms with van der Waals surface area (Å²) < 4.78 is 39.3. The SMILES string of the molecule is Cc1cccc2c(Nc3cccc(C(F)(F)F)c3)ncc(C(=O)N3CC(C)NC(C)C3)c12. The van der Waals surface area contributed by atoms with Gasteiger partial charge in [-0.2, -0.15) is 13.2 Å². The number of halogens is 3. The van der Waals surface area contributed by atoms with Gasteiger partial charge in [0.15, 0.2) is 0 Å². The highest BCUT2D eigenvalue weighted by Gasteiger charge is 2.31. The quantitative estimate of drug-likeness (QED) is 0.591. The summed E-state index contributed by atoms with van der Waals surface area (Å²) in [6.45, 7) is 7.19. The Morgan fingerprint density at radius 3 is 2.50 bits per heavy atom. The summed E-state index contributed by atoms with van der Waals surface area (Å²) in [7, 11) is 0. The van der Waals surface area contributed by atoms with Gasteiger partial charge in [0, 0.05) is 47.8 Å². The molecule has 0 radical (unpaired) electrons. The fourth-order valence-electron chi connectivity index (χ4n) is 4.32.